The van der Waals surface area contributed by atoms with Crippen molar-refractivity contribution in [2.45, 2.75) is 43.3 Å². The molecule has 4 nitrogen and oxygen atoms in total. The van der Waals surface area contributed by atoms with E-state index in [1.54, 1.807) is 31.2 Å². The van der Waals surface area contributed by atoms with Crippen LogP contribution in [0.4, 0.5) is 5.69 Å². The third kappa shape index (κ3) is 5.03. The maximum atomic E-state index is 12.2. The molecule has 0 heterocycles. The Balaban J connectivity index is 2.51. The molecule has 2 atom stereocenters. The van der Waals surface area contributed by atoms with Gasteiger partial charge >= 0.3 is 0 Å². The Kier molecular flexibility index (Phi) is 6.56. The van der Waals surface area contributed by atoms with Gasteiger partial charge in [0.15, 0.2) is 0 Å². The molecule has 1 amide bonds. The monoisotopic (exact) mass is 282 g/mol. The highest BCUT2D eigenvalue weighted by Gasteiger charge is 2.20. The summed E-state index contributed by atoms with van der Waals surface area (Å²) >= 11 is 0. The Morgan fingerprint density at radius 1 is 1.32 bits per heavy atom. The maximum absolute atomic E-state index is 12.2. The van der Waals surface area contributed by atoms with Crippen LogP contribution in [0.15, 0.2) is 29.2 Å². The molecule has 0 fully saturated rings. The van der Waals surface area contributed by atoms with Gasteiger partial charge in [-0.2, -0.15) is 0 Å². The molecule has 106 valence electrons. The molecule has 0 aliphatic carbocycles. The van der Waals surface area contributed by atoms with Crippen molar-refractivity contribution in [3.8, 4) is 0 Å². The Morgan fingerprint density at radius 2 is 1.95 bits per heavy atom. The van der Waals surface area contributed by atoms with Gasteiger partial charge in [-0.15, -0.1) is 0 Å². The fraction of sp³-hybridized carbons (Fsp3) is 0.500. The van der Waals surface area contributed by atoms with Crippen LogP contribution in [0.25, 0.3) is 0 Å². The Morgan fingerprint density at radius 3 is 2.53 bits per heavy atom. The van der Waals surface area contributed by atoms with Crippen molar-refractivity contribution in [3.63, 3.8) is 0 Å². The van der Waals surface area contributed by atoms with Gasteiger partial charge in [-0.05, 0) is 37.6 Å². The van der Waals surface area contributed by atoms with Crippen LogP contribution in [0.2, 0.25) is 0 Å². The minimum Gasteiger partial charge on any atom is -0.399 e. The zero-order valence-electron chi connectivity index (χ0n) is 11.5. The van der Waals surface area contributed by atoms with E-state index in [-0.39, 0.29) is 5.91 Å². The molecule has 0 saturated heterocycles. The fourth-order valence-electron chi connectivity index (χ4n) is 1.63. The highest BCUT2D eigenvalue weighted by Crippen LogP contribution is 2.13. The van der Waals surface area contributed by atoms with E-state index in [4.69, 9.17) is 5.73 Å². The smallest absolute Gasteiger partial charge is 0.235 e. The van der Waals surface area contributed by atoms with Crippen LogP contribution in [-0.4, -0.2) is 21.9 Å². The molecule has 19 heavy (non-hydrogen) atoms. The van der Waals surface area contributed by atoms with Crippen molar-refractivity contribution in [3.05, 3.63) is 24.3 Å². The Labute approximate surface area is 117 Å². The quantitative estimate of drug-likeness (QED) is 0.594. The molecule has 3 N–H and O–H groups in total. The Hall–Kier alpha value is -1.36. The topological polar surface area (TPSA) is 72.2 Å². The van der Waals surface area contributed by atoms with Crippen molar-refractivity contribution in [1.82, 2.24) is 5.32 Å². The largest absolute Gasteiger partial charge is 0.399 e. The zero-order valence-corrected chi connectivity index (χ0v) is 12.3. The summed E-state index contributed by atoms with van der Waals surface area (Å²) in [5, 5.41) is 2.27. The number of unbranched alkanes of at least 4 members (excludes halogenated alkanes) is 2. The van der Waals surface area contributed by atoms with Gasteiger partial charge in [-0.3, -0.25) is 9.00 Å². The van der Waals surface area contributed by atoms with E-state index in [9.17, 15) is 9.00 Å². The molecule has 0 bridgehead atoms. The summed E-state index contributed by atoms with van der Waals surface area (Å²) in [7, 11) is -1.34. The summed E-state index contributed by atoms with van der Waals surface area (Å²) in [6.07, 6.45) is 3.17. The van der Waals surface area contributed by atoms with Crippen LogP contribution in [0.3, 0.4) is 0 Å². The van der Waals surface area contributed by atoms with E-state index in [0.29, 0.717) is 17.1 Å². The number of carbonyl (C=O) groups excluding carboxylic acids is 1. The molecule has 1 aromatic rings. The second-order valence-corrected chi connectivity index (χ2v) is 6.28. The molecule has 0 radical (unpaired) electrons. The van der Waals surface area contributed by atoms with E-state index in [1.165, 1.54) is 0 Å². The second-order valence-electron chi connectivity index (χ2n) is 4.51. The molecule has 0 aliphatic rings. The van der Waals surface area contributed by atoms with Gasteiger partial charge in [0.2, 0.25) is 5.91 Å². The van der Waals surface area contributed by atoms with Crippen LogP contribution in [0.5, 0.6) is 0 Å². The number of rotatable bonds is 7. The normalized spacial score (nSPS) is 13.8. The maximum Gasteiger partial charge on any atom is 0.235 e. The molecular weight excluding hydrogens is 260 g/mol. The van der Waals surface area contributed by atoms with Crippen LogP contribution < -0.4 is 11.1 Å². The fourth-order valence-corrected chi connectivity index (χ4v) is 2.72. The molecule has 1 rings (SSSR count). The predicted octanol–water partition coefficient (Wildman–Crippen LogP) is 2.07. The van der Waals surface area contributed by atoms with Crippen LogP contribution >= 0.6 is 0 Å². The predicted molar refractivity (Wildman–Crippen MR) is 79.3 cm³/mol. The number of nitrogens with two attached hydrogens (primary N) is 1. The lowest BCUT2D eigenvalue weighted by Gasteiger charge is -2.12. The van der Waals surface area contributed by atoms with E-state index in [0.717, 1.165) is 19.3 Å². The van der Waals surface area contributed by atoms with E-state index < -0.39 is 16.0 Å². The number of benzene rings is 1. The molecule has 0 saturated carbocycles. The molecular formula is C14H22N2O2S. The van der Waals surface area contributed by atoms with E-state index >= 15 is 0 Å². The van der Waals surface area contributed by atoms with Gasteiger partial charge in [0.25, 0.3) is 0 Å². The average molecular weight is 282 g/mol. The van der Waals surface area contributed by atoms with E-state index in [2.05, 4.69) is 12.2 Å². The van der Waals surface area contributed by atoms with Crippen molar-refractivity contribution >= 4 is 22.4 Å². The Bertz CT molecular complexity index is 432. The molecule has 0 spiro atoms. The minimum atomic E-state index is -1.34. The van der Waals surface area contributed by atoms with E-state index in [1.807, 2.05) is 0 Å². The van der Waals surface area contributed by atoms with Gasteiger partial charge in [0.1, 0.15) is 5.25 Å². The third-order valence-corrected chi connectivity index (χ3v) is 4.48. The van der Waals surface area contributed by atoms with Crippen molar-refractivity contribution in [2.75, 3.05) is 12.3 Å². The highest BCUT2D eigenvalue weighted by atomic mass is 32.2. The highest BCUT2D eigenvalue weighted by molar-refractivity contribution is 7.86. The van der Waals surface area contributed by atoms with Gasteiger partial charge in [-0.25, -0.2) is 0 Å². The first-order chi connectivity index (χ1) is 9.06. The van der Waals surface area contributed by atoms with Gasteiger partial charge in [0, 0.05) is 17.1 Å². The van der Waals surface area contributed by atoms with Crippen molar-refractivity contribution in [1.29, 1.82) is 0 Å². The molecule has 5 heteroatoms. The van der Waals surface area contributed by atoms with Gasteiger partial charge in [-0.1, -0.05) is 19.8 Å². The number of amides is 1. The lowest BCUT2D eigenvalue weighted by atomic mass is 10.2. The number of hydrogen-bond acceptors (Lipinski definition) is 3. The number of anilines is 1. The second kappa shape index (κ2) is 7.94. The first kappa shape index (κ1) is 15.7. The first-order valence-electron chi connectivity index (χ1n) is 6.60. The number of nitrogens with one attached hydrogen (secondary N) is 1. The van der Waals surface area contributed by atoms with Crippen LogP contribution in [0.1, 0.15) is 33.1 Å². The number of hydrogen-bond donors (Lipinski definition) is 2. The van der Waals surface area contributed by atoms with Crippen LogP contribution in [0, 0.1) is 0 Å². The van der Waals surface area contributed by atoms with Crippen LogP contribution in [-0.2, 0) is 15.6 Å². The van der Waals surface area contributed by atoms with Crippen molar-refractivity contribution in [2.24, 2.45) is 0 Å². The number of nitrogen functional groups attached to an aromatic ring is 1. The molecule has 0 aliphatic heterocycles. The lowest BCUT2D eigenvalue weighted by molar-refractivity contribution is -0.120. The van der Waals surface area contributed by atoms with Gasteiger partial charge in [0.05, 0.1) is 10.8 Å². The summed E-state index contributed by atoms with van der Waals surface area (Å²) in [6.45, 7) is 4.44. The summed E-state index contributed by atoms with van der Waals surface area (Å²) in [5.41, 5.74) is 6.20. The molecule has 0 aromatic heterocycles. The minimum absolute atomic E-state index is 0.161. The molecule has 1 aromatic carbocycles. The van der Waals surface area contributed by atoms with Crippen molar-refractivity contribution < 1.29 is 9.00 Å². The summed E-state index contributed by atoms with van der Waals surface area (Å²) in [6, 6.07) is 6.79. The summed E-state index contributed by atoms with van der Waals surface area (Å²) < 4.78 is 12.2. The standard InChI is InChI=1S/C14H22N2O2S/c1-3-4-5-10-16-14(17)11(2)19(18)13-8-6-12(15)7-9-13/h6-9,11H,3-5,10,15H2,1-2H3,(H,16,17). The lowest BCUT2D eigenvalue weighted by Crippen LogP contribution is -2.36. The number of carbonyl (C=O) groups is 1. The third-order valence-electron chi connectivity index (χ3n) is 2.88. The molecule has 2 unspecified atom stereocenters. The summed E-state index contributed by atoms with van der Waals surface area (Å²) in [5.74, 6) is -0.161. The summed E-state index contributed by atoms with van der Waals surface area (Å²) in [4.78, 5) is 12.5. The van der Waals surface area contributed by atoms with Gasteiger partial charge < -0.3 is 11.1 Å². The SMILES string of the molecule is CCCCCNC(=O)C(C)S(=O)c1ccc(N)cc1. The zero-order chi connectivity index (χ0) is 14.3. The first-order valence-corrected chi connectivity index (χ1v) is 7.81. The average Bonchev–Trinajstić information content (AvgIpc) is 2.42.